The second kappa shape index (κ2) is 7.22. The summed E-state index contributed by atoms with van der Waals surface area (Å²) in [6.45, 7) is 1.56. The monoisotopic (exact) mass is 336 g/mol. The lowest BCUT2D eigenvalue weighted by atomic mass is 10.1. The van der Waals surface area contributed by atoms with Gasteiger partial charge in [-0.25, -0.2) is 0 Å². The van der Waals surface area contributed by atoms with Crippen molar-refractivity contribution in [3.05, 3.63) is 42.1 Å². The molecule has 1 aliphatic heterocycles. The zero-order valence-corrected chi connectivity index (χ0v) is 13.9. The van der Waals surface area contributed by atoms with Gasteiger partial charge in [-0.2, -0.15) is 5.26 Å². The van der Waals surface area contributed by atoms with Crippen LogP contribution in [-0.4, -0.2) is 34.4 Å². The van der Waals surface area contributed by atoms with Crippen molar-refractivity contribution in [2.75, 3.05) is 13.1 Å². The van der Waals surface area contributed by atoms with E-state index < -0.39 is 0 Å². The van der Waals surface area contributed by atoms with Gasteiger partial charge in [0.2, 0.25) is 11.8 Å². The van der Waals surface area contributed by atoms with Gasteiger partial charge in [0.1, 0.15) is 0 Å². The summed E-state index contributed by atoms with van der Waals surface area (Å²) in [5.41, 5.74) is 7.29. The third kappa shape index (κ3) is 3.56. The van der Waals surface area contributed by atoms with Crippen molar-refractivity contribution in [3.8, 4) is 6.07 Å². The average Bonchev–Trinajstić information content (AvgIpc) is 3.23. The number of carbonyl (C=O) groups excluding carboxylic acids is 2. The topological polar surface area (TPSA) is 92.1 Å². The number of para-hydroxylation sites is 1. The van der Waals surface area contributed by atoms with Crippen LogP contribution >= 0.6 is 0 Å². The van der Waals surface area contributed by atoms with E-state index in [1.54, 1.807) is 17.1 Å². The van der Waals surface area contributed by atoms with Crippen LogP contribution < -0.4 is 5.73 Å². The Morgan fingerprint density at radius 3 is 2.88 bits per heavy atom. The van der Waals surface area contributed by atoms with Crippen LogP contribution in [0, 0.1) is 17.2 Å². The van der Waals surface area contributed by atoms with Crippen molar-refractivity contribution in [3.63, 3.8) is 0 Å². The van der Waals surface area contributed by atoms with Gasteiger partial charge in [-0.1, -0.05) is 18.2 Å². The largest absolute Gasteiger partial charge is 0.369 e. The van der Waals surface area contributed by atoms with Gasteiger partial charge in [-0.05, 0) is 18.6 Å². The first-order valence-electron chi connectivity index (χ1n) is 8.31. The minimum atomic E-state index is -0.347. The first-order chi connectivity index (χ1) is 12.1. The zero-order chi connectivity index (χ0) is 17.8. The normalized spacial score (nSPS) is 17.2. The van der Waals surface area contributed by atoms with Gasteiger partial charge in [0.05, 0.1) is 18.4 Å². The fraction of sp³-hybridized carbons (Fsp3) is 0.316. The Bertz CT molecular complexity index is 875. The molecule has 1 aromatic heterocycles. The lowest BCUT2D eigenvalue weighted by molar-refractivity contribution is -0.125. The zero-order valence-electron chi connectivity index (χ0n) is 13.9. The van der Waals surface area contributed by atoms with E-state index in [1.165, 1.54) is 0 Å². The predicted molar refractivity (Wildman–Crippen MR) is 95.1 cm³/mol. The molecular weight excluding hydrogens is 316 g/mol. The molecule has 6 heteroatoms. The second-order valence-electron chi connectivity index (χ2n) is 6.21. The summed E-state index contributed by atoms with van der Waals surface area (Å²) in [4.78, 5) is 25.2. The number of hydrogen-bond donors (Lipinski definition) is 1. The molecule has 2 heterocycles. The van der Waals surface area contributed by atoms with Crippen LogP contribution in [0.3, 0.4) is 0 Å². The van der Waals surface area contributed by atoms with Crippen LogP contribution in [0.1, 0.15) is 18.4 Å². The number of fused-ring (bicyclic) bond motifs is 1. The third-order valence-electron chi connectivity index (χ3n) is 4.59. The lowest BCUT2D eigenvalue weighted by Gasteiger charge is -2.12. The number of benzene rings is 1. The molecule has 1 aliphatic rings. The van der Waals surface area contributed by atoms with Crippen LogP contribution in [0.15, 0.2) is 36.5 Å². The molecule has 25 heavy (non-hydrogen) atoms. The molecular formula is C19H20N4O2. The molecule has 1 saturated heterocycles. The van der Waals surface area contributed by atoms with Crippen LogP contribution in [0.5, 0.6) is 0 Å². The molecule has 0 aliphatic carbocycles. The smallest absolute Gasteiger partial charge is 0.246 e. The van der Waals surface area contributed by atoms with Crippen LogP contribution in [0.2, 0.25) is 0 Å². The van der Waals surface area contributed by atoms with E-state index in [0.29, 0.717) is 32.5 Å². The number of aryl methyl sites for hydroxylation is 1. The molecule has 1 atom stereocenters. The summed E-state index contributed by atoms with van der Waals surface area (Å²) in [6, 6.07) is 10.1. The predicted octanol–water partition coefficient (Wildman–Crippen LogP) is 1.90. The molecule has 3 rings (SSSR count). The highest BCUT2D eigenvalue weighted by atomic mass is 16.2. The molecule has 1 fully saturated rings. The quantitative estimate of drug-likeness (QED) is 0.845. The number of nitrogens with zero attached hydrogens (tertiary/aromatic N) is 3. The fourth-order valence-corrected chi connectivity index (χ4v) is 3.22. The highest BCUT2D eigenvalue weighted by molar-refractivity contribution is 5.96. The number of primary amides is 1. The minimum absolute atomic E-state index is 0.113. The van der Waals surface area contributed by atoms with Gasteiger partial charge in [0.25, 0.3) is 0 Å². The van der Waals surface area contributed by atoms with E-state index in [1.807, 2.05) is 35.0 Å². The number of rotatable bonds is 5. The number of nitriles is 1. The summed E-state index contributed by atoms with van der Waals surface area (Å²) in [6.07, 6.45) is 6.36. The number of hydrogen-bond acceptors (Lipinski definition) is 3. The SMILES string of the molecule is N#CCCn1cc(/C=C/C(=O)N2CCC(C(N)=O)C2)c2ccccc21. The maximum atomic E-state index is 12.3. The molecule has 0 radical (unpaired) electrons. The highest BCUT2D eigenvalue weighted by Crippen LogP contribution is 2.23. The van der Waals surface area contributed by atoms with Gasteiger partial charge >= 0.3 is 0 Å². The van der Waals surface area contributed by atoms with E-state index >= 15 is 0 Å². The number of likely N-dealkylation sites (tertiary alicyclic amines) is 1. The Hall–Kier alpha value is -3.07. The van der Waals surface area contributed by atoms with Crippen LogP contribution in [0.25, 0.3) is 17.0 Å². The van der Waals surface area contributed by atoms with Crippen molar-refractivity contribution >= 4 is 28.8 Å². The Kier molecular flexibility index (Phi) is 4.85. The van der Waals surface area contributed by atoms with E-state index in [0.717, 1.165) is 16.5 Å². The van der Waals surface area contributed by atoms with Crippen LogP contribution in [-0.2, 0) is 16.1 Å². The molecule has 1 aromatic carbocycles. The molecule has 2 N–H and O–H groups in total. The van der Waals surface area contributed by atoms with E-state index in [4.69, 9.17) is 11.0 Å². The van der Waals surface area contributed by atoms with Gasteiger partial charge in [-0.3, -0.25) is 9.59 Å². The molecule has 0 bridgehead atoms. The summed E-state index contributed by atoms with van der Waals surface area (Å²) in [5, 5.41) is 9.85. The van der Waals surface area contributed by atoms with Gasteiger partial charge in [-0.15, -0.1) is 0 Å². The first kappa shape index (κ1) is 16.8. The number of nitrogens with two attached hydrogens (primary N) is 1. The van der Waals surface area contributed by atoms with Gasteiger partial charge in [0.15, 0.2) is 0 Å². The van der Waals surface area contributed by atoms with Gasteiger partial charge in [0, 0.05) is 48.4 Å². The lowest BCUT2D eigenvalue weighted by Crippen LogP contribution is -2.30. The van der Waals surface area contributed by atoms with Crippen molar-refractivity contribution in [2.45, 2.75) is 19.4 Å². The summed E-state index contributed by atoms with van der Waals surface area (Å²) in [5.74, 6) is -0.706. The molecule has 2 amide bonds. The average molecular weight is 336 g/mol. The Labute approximate surface area is 146 Å². The standard InChI is InChI=1S/C19H20N4O2/c20-9-3-10-22-12-14(16-4-1-2-5-17(16)22)6-7-18(24)23-11-8-15(13-23)19(21)25/h1-2,4-7,12,15H,3,8,10-11,13H2,(H2,21,25)/b7-6+. The Morgan fingerprint density at radius 2 is 2.16 bits per heavy atom. The summed E-state index contributed by atoms with van der Waals surface area (Å²) >= 11 is 0. The molecule has 128 valence electrons. The molecule has 1 unspecified atom stereocenters. The van der Waals surface area contributed by atoms with Crippen molar-refractivity contribution in [1.29, 1.82) is 5.26 Å². The van der Waals surface area contributed by atoms with Gasteiger partial charge < -0.3 is 15.2 Å². The van der Waals surface area contributed by atoms with E-state index in [2.05, 4.69) is 6.07 Å². The summed E-state index contributed by atoms with van der Waals surface area (Å²) < 4.78 is 2.03. The molecule has 0 saturated carbocycles. The summed E-state index contributed by atoms with van der Waals surface area (Å²) in [7, 11) is 0. The minimum Gasteiger partial charge on any atom is -0.369 e. The molecule has 6 nitrogen and oxygen atoms in total. The van der Waals surface area contributed by atoms with Crippen molar-refractivity contribution in [2.24, 2.45) is 11.7 Å². The van der Waals surface area contributed by atoms with E-state index in [-0.39, 0.29) is 17.7 Å². The number of amides is 2. The molecule has 0 spiro atoms. The second-order valence-corrected chi connectivity index (χ2v) is 6.21. The highest BCUT2D eigenvalue weighted by Gasteiger charge is 2.28. The maximum absolute atomic E-state index is 12.3. The molecule has 2 aromatic rings. The number of aromatic nitrogens is 1. The van der Waals surface area contributed by atoms with Crippen molar-refractivity contribution in [1.82, 2.24) is 9.47 Å². The Balaban J connectivity index is 1.78. The van der Waals surface area contributed by atoms with Crippen LogP contribution in [0.4, 0.5) is 0 Å². The maximum Gasteiger partial charge on any atom is 0.246 e. The Morgan fingerprint density at radius 1 is 1.36 bits per heavy atom. The van der Waals surface area contributed by atoms with E-state index in [9.17, 15) is 9.59 Å². The van der Waals surface area contributed by atoms with Crippen molar-refractivity contribution < 1.29 is 9.59 Å². The fourth-order valence-electron chi connectivity index (χ4n) is 3.22. The number of carbonyl (C=O) groups is 2. The third-order valence-corrected chi connectivity index (χ3v) is 4.59. The first-order valence-corrected chi connectivity index (χ1v) is 8.31.